The molecule has 0 aromatic carbocycles. The SMILES string of the molecule is CCOC(=O)C[C@H]1c2cc(=O)[nH]c(=O)n2[C@@H]2O[C@H]1[C@H]1OC(C)(C)O[C@H]12. The molecule has 3 aliphatic heterocycles. The molecule has 3 aliphatic rings. The van der Waals surface area contributed by atoms with Gasteiger partial charge in [0.2, 0.25) is 0 Å². The van der Waals surface area contributed by atoms with Gasteiger partial charge in [-0.15, -0.1) is 0 Å². The van der Waals surface area contributed by atoms with E-state index in [0.29, 0.717) is 5.69 Å². The average molecular weight is 352 g/mol. The first-order valence-electron chi connectivity index (χ1n) is 8.33. The van der Waals surface area contributed by atoms with E-state index in [1.54, 1.807) is 20.8 Å². The number of nitrogens with zero attached hydrogens (tertiary/aromatic N) is 1. The molecular formula is C16H20N2O7. The predicted molar refractivity (Wildman–Crippen MR) is 83.0 cm³/mol. The zero-order valence-electron chi connectivity index (χ0n) is 14.2. The van der Waals surface area contributed by atoms with Crippen LogP contribution < -0.4 is 11.2 Å². The van der Waals surface area contributed by atoms with Crippen LogP contribution in [0, 0.1) is 0 Å². The lowest BCUT2D eigenvalue weighted by molar-refractivity contribution is -0.206. The highest BCUT2D eigenvalue weighted by molar-refractivity contribution is 5.70. The van der Waals surface area contributed by atoms with Crippen LogP contribution in [0.1, 0.15) is 45.0 Å². The molecule has 0 radical (unpaired) electrons. The molecule has 0 unspecified atom stereocenters. The molecule has 136 valence electrons. The highest BCUT2D eigenvalue weighted by Gasteiger charge is 2.61. The van der Waals surface area contributed by atoms with Crippen molar-refractivity contribution in [2.75, 3.05) is 6.61 Å². The summed E-state index contributed by atoms with van der Waals surface area (Å²) in [4.78, 5) is 38.5. The zero-order chi connectivity index (χ0) is 17.9. The topological polar surface area (TPSA) is 109 Å². The molecule has 2 saturated heterocycles. The first-order chi connectivity index (χ1) is 11.8. The summed E-state index contributed by atoms with van der Waals surface area (Å²) in [6.07, 6.45) is -2.14. The number of carbonyl (C=O) groups is 1. The number of rotatable bonds is 3. The number of H-pyrrole nitrogens is 1. The van der Waals surface area contributed by atoms with Gasteiger partial charge < -0.3 is 18.9 Å². The summed E-state index contributed by atoms with van der Waals surface area (Å²) in [5, 5.41) is 0. The van der Waals surface area contributed by atoms with Crippen molar-refractivity contribution in [2.24, 2.45) is 0 Å². The Hall–Kier alpha value is -1.97. The number of aromatic amines is 1. The number of ether oxygens (including phenoxy) is 4. The third kappa shape index (κ3) is 2.54. The normalized spacial score (nSPS) is 34.4. The minimum absolute atomic E-state index is 0.0128. The number of aromatic nitrogens is 2. The quantitative estimate of drug-likeness (QED) is 0.763. The van der Waals surface area contributed by atoms with E-state index in [1.165, 1.54) is 10.6 Å². The number of hydrogen-bond acceptors (Lipinski definition) is 7. The van der Waals surface area contributed by atoms with Gasteiger partial charge in [0.1, 0.15) is 12.2 Å². The molecule has 9 nitrogen and oxygen atoms in total. The largest absolute Gasteiger partial charge is 0.466 e. The molecular weight excluding hydrogens is 332 g/mol. The molecule has 0 amide bonds. The fraction of sp³-hybridized carbons (Fsp3) is 0.688. The van der Waals surface area contributed by atoms with Crippen molar-refractivity contribution in [1.29, 1.82) is 0 Å². The summed E-state index contributed by atoms with van der Waals surface area (Å²) in [5.41, 5.74) is -0.657. The van der Waals surface area contributed by atoms with E-state index in [9.17, 15) is 14.4 Å². The first-order valence-corrected chi connectivity index (χ1v) is 8.33. The van der Waals surface area contributed by atoms with Crippen molar-refractivity contribution in [3.05, 3.63) is 32.6 Å². The Morgan fingerprint density at radius 3 is 2.72 bits per heavy atom. The van der Waals surface area contributed by atoms with Gasteiger partial charge in [0, 0.05) is 17.7 Å². The highest BCUT2D eigenvalue weighted by Crippen LogP contribution is 2.50. The maximum atomic E-state index is 12.4. The lowest BCUT2D eigenvalue weighted by Gasteiger charge is -2.35. The second-order valence-electron chi connectivity index (χ2n) is 6.91. The van der Waals surface area contributed by atoms with Crippen molar-refractivity contribution >= 4 is 5.97 Å². The molecule has 4 rings (SSSR count). The Morgan fingerprint density at radius 2 is 2.00 bits per heavy atom. The van der Waals surface area contributed by atoms with Crippen molar-refractivity contribution in [3.63, 3.8) is 0 Å². The molecule has 0 saturated carbocycles. The molecule has 5 atom stereocenters. The smallest absolute Gasteiger partial charge is 0.330 e. The highest BCUT2D eigenvalue weighted by atomic mass is 16.8. The third-order valence-electron chi connectivity index (χ3n) is 4.79. The fourth-order valence-electron chi connectivity index (χ4n) is 4.00. The van der Waals surface area contributed by atoms with E-state index >= 15 is 0 Å². The van der Waals surface area contributed by atoms with Gasteiger partial charge >= 0.3 is 11.7 Å². The monoisotopic (exact) mass is 352 g/mol. The van der Waals surface area contributed by atoms with E-state index in [-0.39, 0.29) is 13.0 Å². The summed E-state index contributed by atoms with van der Waals surface area (Å²) in [5.74, 6) is -1.76. The molecule has 25 heavy (non-hydrogen) atoms. The first kappa shape index (κ1) is 16.5. The summed E-state index contributed by atoms with van der Waals surface area (Å²) < 4.78 is 24.2. The van der Waals surface area contributed by atoms with Crippen LogP contribution in [0.5, 0.6) is 0 Å². The number of carbonyl (C=O) groups excluding carboxylic acids is 1. The van der Waals surface area contributed by atoms with Crippen molar-refractivity contribution in [3.8, 4) is 0 Å². The van der Waals surface area contributed by atoms with E-state index in [4.69, 9.17) is 18.9 Å². The molecule has 4 heterocycles. The number of fused-ring (bicyclic) bond motifs is 7. The van der Waals surface area contributed by atoms with Crippen LogP contribution in [0.15, 0.2) is 15.7 Å². The molecule has 0 aliphatic carbocycles. The van der Waals surface area contributed by atoms with E-state index in [0.717, 1.165) is 0 Å². The van der Waals surface area contributed by atoms with Crippen LogP contribution in [-0.2, 0) is 23.7 Å². The Balaban J connectivity index is 1.81. The molecule has 2 bridgehead atoms. The minimum Gasteiger partial charge on any atom is -0.466 e. The van der Waals surface area contributed by atoms with Crippen molar-refractivity contribution < 1.29 is 23.7 Å². The number of nitrogens with one attached hydrogen (secondary N) is 1. The summed E-state index contributed by atoms with van der Waals surface area (Å²) in [6.45, 7) is 5.55. The van der Waals surface area contributed by atoms with E-state index in [1.807, 2.05) is 0 Å². The van der Waals surface area contributed by atoms with Gasteiger partial charge in [-0.1, -0.05) is 0 Å². The van der Waals surface area contributed by atoms with Crippen LogP contribution in [0.4, 0.5) is 0 Å². The van der Waals surface area contributed by atoms with Gasteiger partial charge in [0.15, 0.2) is 12.0 Å². The van der Waals surface area contributed by atoms with E-state index in [2.05, 4.69) is 4.98 Å². The second kappa shape index (κ2) is 5.52. The maximum absolute atomic E-state index is 12.4. The Morgan fingerprint density at radius 1 is 1.28 bits per heavy atom. The van der Waals surface area contributed by atoms with Gasteiger partial charge in [-0.2, -0.15) is 0 Å². The van der Waals surface area contributed by atoms with Crippen molar-refractivity contribution in [1.82, 2.24) is 9.55 Å². The fourth-order valence-corrected chi connectivity index (χ4v) is 4.00. The van der Waals surface area contributed by atoms with Crippen LogP contribution in [0.25, 0.3) is 0 Å². The van der Waals surface area contributed by atoms with Crippen molar-refractivity contribution in [2.45, 2.75) is 63.4 Å². The lowest BCUT2D eigenvalue weighted by Crippen LogP contribution is -2.44. The van der Waals surface area contributed by atoms with Gasteiger partial charge in [0.05, 0.1) is 19.1 Å². The third-order valence-corrected chi connectivity index (χ3v) is 4.79. The van der Waals surface area contributed by atoms with Crippen LogP contribution >= 0.6 is 0 Å². The summed E-state index contributed by atoms with van der Waals surface area (Å²) in [7, 11) is 0. The Bertz CT molecular complexity index is 827. The maximum Gasteiger partial charge on any atom is 0.330 e. The lowest BCUT2D eigenvalue weighted by atomic mass is 9.91. The molecule has 1 N–H and O–H groups in total. The van der Waals surface area contributed by atoms with Gasteiger partial charge in [-0.05, 0) is 20.8 Å². The predicted octanol–water partition coefficient (Wildman–Crippen LogP) is 0.00450. The summed E-state index contributed by atoms with van der Waals surface area (Å²) in [6, 6.07) is 1.33. The zero-order valence-corrected chi connectivity index (χ0v) is 14.2. The Labute approximate surface area is 142 Å². The van der Waals surface area contributed by atoms with E-state index < -0.39 is 53.5 Å². The number of hydrogen-bond donors (Lipinski definition) is 1. The molecule has 9 heteroatoms. The van der Waals surface area contributed by atoms with Crippen LogP contribution in [-0.4, -0.2) is 46.2 Å². The Kier molecular flexibility index (Phi) is 3.64. The molecule has 0 spiro atoms. The van der Waals surface area contributed by atoms with Gasteiger partial charge in [0.25, 0.3) is 5.56 Å². The van der Waals surface area contributed by atoms with Crippen LogP contribution in [0.3, 0.4) is 0 Å². The molecule has 1 aromatic rings. The average Bonchev–Trinajstić information content (AvgIpc) is 2.96. The number of esters is 1. The standard InChI is InChI=1S/C16H20N2O7/c1-4-22-10(20)5-7-8-6-9(19)17-15(21)18(8)14-13-12(11(7)23-14)24-16(2,3)25-13/h6-7,11-14H,4-5H2,1-3H3,(H,17,19,21)/t7-,11+,12+,13+,14+/m0/s1. The van der Waals surface area contributed by atoms with Gasteiger partial charge in [-0.25, -0.2) is 4.79 Å². The molecule has 2 fully saturated rings. The molecule has 1 aromatic heterocycles. The minimum atomic E-state index is -0.812. The summed E-state index contributed by atoms with van der Waals surface area (Å²) >= 11 is 0. The second-order valence-corrected chi connectivity index (χ2v) is 6.91. The van der Waals surface area contributed by atoms with Gasteiger partial charge in [-0.3, -0.25) is 19.1 Å². The van der Waals surface area contributed by atoms with Crippen LogP contribution in [0.2, 0.25) is 0 Å².